The zero-order chi connectivity index (χ0) is 20.4. The maximum Gasteiger partial charge on any atom is 0.387 e. The number of benzene rings is 1. The van der Waals surface area contributed by atoms with E-state index >= 15 is 0 Å². The monoisotopic (exact) mass is 523 g/mol. The number of halogens is 3. The molecule has 0 fully saturated rings. The number of rotatable bonds is 10. The summed E-state index contributed by atoms with van der Waals surface area (Å²) in [5, 5.41) is 10.5. The molecule has 1 aromatic carbocycles. The Labute approximate surface area is 186 Å². The summed E-state index contributed by atoms with van der Waals surface area (Å²) in [5.41, 5.74) is 1.70. The van der Waals surface area contributed by atoms with Gasteiger partial charge in [-0.25, -0.2) is 4.99 Å². The Morgan fingerprint density at radius 1 is 1.31 bits per heavy atom. The molecule has 0 bridgehead atoms. The number of nitrogens with one attached hydrogen (secondary N) is 2. The van der Waals surface area contributed by atoms with E-state index in [-0.39, 0.29) is 36.3 Å². The molecule has 2 N–H and O–H groups in total. The first-order chi connectivity index (χ1) is 13.5. The summed E-state index contributed by atoms with van der Waals surface area (Å²) in [7, 11) is 3.41. The number of nitrogens with zero attached hydrogens (tertiary/aromatic N) is 3. The third-order valence-electron chi connectivity index (χ3n) is 3.93. The highest BCUT2D eigenvalue weighted by Crippen LogP contribution is 2.26. The highest BCUT2D eigenvalue weighted by molar-refractivity contribution is 14.0. The number of aromatic nitrogens is 2. The van der Waals surface area contributed by atoms with Crippen molar-refractivity contribution < 1.29 is 18.3 Å². The second-order valence-electron chi connectivity index (χ2n) is 6.10. The van der Waals surface area contributed by atoms with Gasteiger partial charge in [0.15, 0.2) is 5.96 Å². The van der Waals surface area contributed by atoms with Crippen LogP contribution < -0.4 is 20.1 Å². The van der Waals surface area contributed by atoms with Crippen LogP contribution in [0.5, 0.6) is 11.5 Å². The molecule has 29 heavy (non-hydrogen) atoms. The van der Waals surface area contributed by atoms with Crippen LogP contribution in [0.3, 0.4) is 0 Å². The van der Waals surface area contributed by atoms with Gasteiger partial charge in [-0.05, 0) is 43.5 Å². The number of hydrogen-bond acceptors (Lipinski definition) is 4. The molecule has 0 saturated carbocycles. The van der Waals surface area contributed by atoms with Gasteiger partial charge in [-0.3, -0.25) is 4.68 Å². The Hall–Kier alpha value is -2.11. The summed E-state index contributed by atoms with van der Waals surface area (Å²) in [5.74, 6) is 1.26. The number of methoxy groups -OCH3 is 1. The van der Waals surface area contributed by atoms with Crippen molar-refractivity contribution in [2.75, 3.05) is 20.2 Å². The number of guanidine groups is 1. The SMILES string of the molecule is CCNC(=NCc1cc(OC)ccc1OC(F)F)NCCCc1cnn(C)c1.I. The van der Waals surface area contributed by atoms with Gasteiger partial charge >= 0.3 is 6.61 Å². The number of ether oxygens (including phenoxy) is 2. The van der Waals surface area contributed by atoms with Crippen molar-refractivity contribution in [2.24, 2.45) is 12.0 Å². The lowest BCUT2D eigenvalue weighted by Crippen LogP contribution is -2.37. The Bertz CT molecular complexity index is 771. The van der Waals surface area contributed by atoms with Gasteiger partial charge in [-0.1, -0.05) is 0 Å². The van der Waals surface area contributed by atoms with Crippen LogP contribution in [0.1, 0.15) is 24.5 Å². The summed E-state index contributed by atoms with van der Waals surface area (Å²) in [6.45, 7) is 0.655. The fourth-order valence-corrected chi connectivity index (χ4v) is 2.62. The fourth-order valence-electron chi connectivity index (χ4n) is 2.62. The van der Waals surface area contributed by atoms with Gasteiger partial charge in [0.1, 0.15) is 11.5 Å². The molecule has 0 radical (unpaired) electrons. The second-order valence-corrected chi connectivity index (χ2v) is 6.10. The molecule has 0 aliphatic rings. The average Bonchev–Trinajstić information content (AvgIpc) is 3.08. The molecule has 10 heteroatoms. The molecule has 0 spiro atoms. The summed E-state index contributed by atoms with van der Waals surface area (Å²) < 4.78 is 36.8. The van der Waals surface area contributed by atoms with E-state index in [1.807, 2.05) is 26.4 Å². The Kier molecular flexibility index (Phi) is 11.3. The molecule has 1 heterocycles. The first-order valence-electron chi connectivity index (χ1n) is 9.13. The minimum Gasteiger partial charge on any atom is -0.497 e. The summed E-state index contributed by atoms with van der Waals surface area (Å²) in [6, 6.07) is 4.68. The smallest absolute Gasteiger partial charge is 0.387 e. The highest BCUT2D eigenvalue weighted by Gasteiger charge is 2.11. The molecule has 0 atom stereocenters. The van der Waals surface area contributed by atoms with Crippen LogP contribution in [0.25, 0.3) is 0 Å². The molecule has 2 rings (SSSR count). The van der Waals surface area contributed by atoms with Gasteiger partial charge in [0.2, 0.25) is 0 Å². The van der Waals surface area contributed by atoms with E-state index in [1.165, 1.54) is 18.7 Å². The zero-order valence-corrected chi connectivity index (χ0v) is 19.2. The number of alkyl halides is 2. The number of aryl methyl sites for hydroxylation is 2. The minimum absolute atomic E-state index is 0. The van der Waals surface area contributed by atoms with Crippen molar-refractivity contribution in [1.29, 1.82) is 0 Å². The first-order valence-corrected chi connectivity index (χ1v) is 9.13. The molecule has 7 nitrogen and oxygen atoms in total. The van der Waals surface area contributed by atoms with Crippen LogP contribution in [-0.4, -0.2) is 42.6 Å². The van der Waals surface area contributed by atoms with Gasteiger partial charge in [-0.15, -0.1) is 24.0 Å². The van der Waals surface area contributed by atoms with Crippen LogP contribution in [0.15, 0.2) is 35.6 Å². The van der Waals surface area contributed by atoms with Crippen molar-refractivity contribution in [3.8, 4) is 11.5 Å². The van der Waals surface area contributed by atoms with E-state index in [1.54, 1.807) is 16.8 Å². The standard InChI is InChI=1S/C19H27F2N5O2.HI/c1-4-22-19(23-9-5-6-14-11-25-26(2)13-14)24-12-15-10-16(27-3)7-8-17(15)28-18(20)21;/h7-8,10-11,13,18H,4-6,9,12H2,1-3H3,(H2,22,23,24);1H. The van der Waals surface area contributed by atoms with Gasteiger partial charge in [-0.2, -0.15) is 13.9 Å². The van der Waals surface area contributed by atoms with Crippen molar-refractivity contribution in [3.63, 3.8) is 0 Å². The van der Waals surface area contributed by atoms with Gasteiger partial charge in [0.25, 0.3) is 0 Å². The predicted molar refractivity (Wildman–Crippen MR) is 119 cm³/mol. The summed E-state index contributed by atoms with van der Waals surface area (Å²) in [4.78, 5) is 4.47. The number of hydrogen-bond donors (Lipinski definition) is 2. The van der Waals surface area contributed by atoms with Gasteiger partial charge in [0.05, 0.1) is 19.9 Å². The molecule has 1 aromatic heterocycles. The van der Waals surface area contributed by atoms with Gasteiger partial charge < -0.3 is 20.1 Å². The predicted octanol–water partition coefficient (Wildman–Crippen LogP) is 3.34. The largest absolute Gasteiger partial charge is 0.497 e. The van der Waals surface area contributed by atoms with E-state index in [4.69, 9.17) is 4.74 Å². The van der Waals surface area contributed by atoms with Crippen molar-refractivity contribution in [3.05, 3.63) is 41.7 Å². The van der Waals surface area contributed by atoms with E-state index in [2.05, 4.69) is 25.5 Å². The molecule has 2 aromatic rings. The van der Waals surface area contributed by atoms with Crippen LogP contribution in [0.2, 0.25) is 0 Å². The maximum atomic E-state index is 12.6. The lowest BCUT2D eigenvalue weighted by molar-refractivity contribution is -0.0504. The Morgan fingerprint density at radius 2 is 2.10 bits per heavy atom. The quantitative estimate of drug-likeness (QED) is 0.217. The fraction of sp³-hybridized carbons (Fsp3) is 0.474. The maximum absolute atomic E-state index is 12.6. The topological polar surface area (TPSA) is 72.7 Å². The molecule has 0 aliphatic carbocycles. The zero-order valence-electron chi connectivity index (χ0n) is 16.8. The summed E-state index contributed by atoms with van der Waals surface area (Å²) in [6.07, 6.45) is 5.66. The van der Waals surface area contributed by atoms with Crippen molar-refractivity contribution in [2.45, 2.75) is 32.9 Å². The minimum atomic E-state index is -2.89. The van der Waals surface area contributed by atoms with E-state index in [9.17, 15) is 8.78 Å². The van der Waals surface area contributed by atoms with Crippen LogP contribution in [0, 0.1) is 0 Å². The molecular formula is C19H28F2IN5O2. The third kappa shape index (κ3) is 8.84. The molecule has 162 valence electrons. The highest BCUT2D eigenvalue weighted by atomic mass is 127. The molecule has 0 saturated heterocycles. The first kappa shape index (κ1) is 24.9. The van der Waals surface area contributed by atoms with Gasteiger partial charge in [0, 0.05) is 31.9 Å². The molecule has 0 aliphatic heterocycles. The van der Waals surface area contributed by atoms with Crippen LogP contribution >= 0.6 is 24.0 Å². The normalized spacial score (nSPS) is 11.2. The van der Waals surface area contributed by atoms with E-state index in [0.717, 1.165) is 19.4 Å². The lowest BCUT2D eigenvalue weighted by Gasteiger charge is -2.13. The molecular weight excluding hydrogens is 495 g/mol. The second kappa shape index (κ2) is 13.2. The number of aliphatic imine (C=N–C) groups is 1. The third-order valence-corrected chi connectivity index (χ3v) is 3.93. The molecule has 0 unspecified atom stereocenters. The van der Waals surface area contributed by atoms with Crippen molar-refractivity contribution >= 4 is 29.9 Å². The van der Waals surface area contributed by atoms with Crippen molar-refractivity contribution in [1.82, 2.24) is 20.4 Å². The van der Waals surface area contributed by atoms with Crippen LogP contribution in [0.4, 0.5) is 8.78 Å². The van der Waals surface area contributed by atoms with E-state index < -0.39 is 6.61 Å². The van der Waals surface area contributed by atoms with Crippen LogP contribution in [-0.2, 0) is 20.0 Å². The van der Waals surface area contributed by atoms with E-state index in [0.29, 0.717) is 23.8 Å². The Morgan fingerprint density at radius 3 is 2.72 bits per heavy atom. The lowest BCUT2D eigenvalue weighted by atomic mass is 10.2. The summed E-state index contributed by atoms with van der Waals surface area (Å²) >= 11 is 0. The molecule has 0 amide bonds. The Balaban J connectivity index is 0.00000420. The average molecular weight is 523 g/mol.